The van der Waals surface area contributed by atoms with Crippen molar-refractivity contribution in [3.05, 3.63) is 44.8 Å². The molecule has 25 heavy (non-hydrogen) atoms. The summed E-state index contributed by atoms with van der Waals surface area (Å²) >= 11 is 2.70. The second-order valence-electron chi connectivity index (χ2n) is 6.54. The van der Waals surface area contributed by atoms with Gasteiger partial charge in [-0.15, -0.1) is 22.7 Å². The van der Waals surface area contributed by atoms with Gasteiger partial charge in [0, 0.05) is 6.04 Å². The minimum Gasteiger partial charge on any atom is -0.461 e. The molecule has 2 aromatic heterocycles. The lowest BCUT2D eigenvalue weighted by atomic mass is 10.00. The van der Waals surface area contributed by atoms with E-state index in [1.165, 1.54) is 22.7 Å². The number of rotatable bonds is 6. The quantitative estimate of drug-likeness (QED) is 0.617. The van der Waals surface area contributed by atoms with Gasteiger partial charge >= 0.3 is 5.97 Å². The van der Waals surface area contributed by atoms with Crippen LogP contribution >= 0.6 is 22.7 Å². The minimum absolute atomic E-state index is 0.0508. The predicted molar refractivity (Wildman–Crippen MR) is 96.9 cm³/mol. The average Bonchev–Trinajstić information content (AvgIpc) is 3.08. The zero-order valence-electron chi connectivity index (χ0n) is 14.1. The van der Waals surface area contributed by atoms with Crippen LogP contribution in [0.4, 0.5) is 0 Å². The van der Waals surface area contributed by atoms with E-state index in [4.69, 9.17) is 9.47 Å². The van der Waals surface area contributed by atoms with Gasteiger partial charge in [-0.05, 0) is 36.4 Å². The van der Waals surface area contributed by atoms with Gasteiger partial charge in [0.15, 0.2) is 0 Å². The summed E-state index contributed by atoms with van der Waals surface area (Å²) in [5.41, 5.74) is -1.74. The first-order chi connectivity index (χ1) is 12.1. The van der Waals surface area contributed by atoms with Gasteiger partial charge in [-0.1, -0.05) is 19.1 Å². The van der Waals surface area contributed by atoms with Crippen LogP contribution in [-0.2, 0) is 19.9 Å². The largest absolute Gasteiger partial charge is 0.461 e. The maximum absolute atomic E-state index is 12.9. The van der Waals surface area contributed by atoms with Gasteiger partial charge in [-0.2, -0.15) is 0 Å². The van der Waals surface area contributed by atoms with E-state index in [9.17, 15) is 9.90 Å². The molecule has 4 heterocycles. The highest BCUT2D eigenvalue weighted by Crippen LogP contribution is 2.42. The molecule has 0 aliphatic carbocycles. The number of carbonyl (C=O) groups is 1. The monoisotopic (exact) mass is 379 g/mol. The van der Waals surface area contributed by atoms with Crippen molar-refractivity contribution in [1.82, 2.24) is 4.90 Å². The van der Waals surface area contributed by atoms with E-state index < -0.39 is 11.6 Å². The summed E-state index contributed by atoms with van der Waals surface area (Å²) < 4.78 is 11.3. The van der Waals surface area contributed by atoms with Crippen molar-refractivity contribution in [3.8, 4) is 0 Å². The van der Waals surface area contributed by atoms with Crippen LogP contribution in [0.2, 0.25) is 0 Å². The Morgan fingerprint density at radius 3 is 2.32 bits per heavy atom. The van der Waals surface area contributed by atoms with Crippen molar-refractivity contribution in [3.63, 3.8) is 0 Å². The molecular formula is C18H21NO4S2. The van der Waals surface area contributed by atoms with Crippen LogP contribution < -0.4 is 0 Å². The number of thiophene rings is 2. The van der Waals surface area contributed by atoms with Crippen molar-refractivity contribution in [2.24, 2.45) is 0 Å². The summed E-state index contributed by atoms with van der Waals surface area (Å²) in [5, 5.41) is 14.9. The van der Waals surface area contributed by atoms with Crippen LogP contribution in [0.15, 0.2) is 35.0 Å². The highest BCUT2D eigenvalue weighted by Gasteiger charge is 2.59. The van der Waals surface area contributed by atoms with Gasteiger partial charge in [0.2, 0.25) is 5.60 Å². The Bertz CT molecular complexity index is 696. The molecule has 0 aromatic carbocycles. The van der Waals surface area contributed by atoms with Gasteiger partial charge in [-0.25, -0.2) is 4.79 Å². The summed E-state index contributed by atoms with van der Waals surface area (Å²) in [6.07, 6.45) is 1.41. The maximum Gasteiger partial charge on any atom is 0.349 e. The second-order valence-corrected chi connectivity index (χ2v) is 8.43. The van der Waals surface area contributed by atoms with E-state index >= 15 is 0 Å². The molecule has 2 aliphatic heterocycles. The number of esters is 1. The third kappa shape index (κ3) is 2.74. The molecule has 0 radical (unpaired) electrons. The normalized spacial score (nSPS) is 28.8. The van der Waals surface area contributed by atoms with Gasteiger partial charge in [0.25, 0.3) is 0 Å². The third-order valence-corrected chi connectivity index (χ3v) is 7.18. The highest BCUT2D eigenvalue weighted by atomic mass is 32.1. The van der Waals surface area contributed by atoms with Gasteiger partial charge in [0.1, 0.15) is 18.8 Å². The number of fused-ring (bicyclic) bond motifs is 1. The van der Waals surface area contributed by atoms with E-state index in [1.54, 1.807) is 12.1 Å². The van der Waals surface area contributed by atoms with Crippen molar-refractivity contribution < 1.29 is 19.4 Å². The van der Waals surface area contributed by atoms with Gasteiger partial charge in [-0.3, -0.25) is 4.90 Å². The number of hydrogen-bond acceptors (Lipinski definition) is 7. The van der Waals surface area contributed by atoms with Crippen LogP contribution in [-0.4, -0.2) is 53.9 Å². The van der Waals surface area contributed by atoms with Crippen LogP contribution in [0.1, 0.15) is 23.1 Å². The van der Waals surface area contributed by atoms with Crippen LogP contribution in [0, 0.1) is 0 Å². The van der Waals surface area contributed by atoms with E-state index in [0.717, 1.165) is 6.42 Å². The Hall–Kier alpha value is -1.25. The lowest BCUT2D eigenvalue weighted by Gasteiger charge is -2.29. The van der Waals surface area contributed by atoms with Crippen molar-refractivity contribution >= 4 is 28.6 Å². The van der Waals surface area contributed by atoms with E-state index in [-0.39, 0.29) is 24.9 Å². The summed E-state index contributed by atoms with van der Waals surface area (Å²) in [4.78, 5) is 16.3. The fourth-order valence-corrected chi connectivity index (χ4v) is 5.47. The molecule has 2 fully saturated rings. The molecule has 2 aliphatic rings. The first-order valence-corrected chi connectivity index (χ1v) is 10.2. The smallest absolute Gasteiger partial charge is 0.349 e. The Morgan fingerprint density at radius 2 is 1.84 bits per heavy atom. The molecule has 4 rings (SSSR count). The topological polar surface area (TPSA) is 62.3 Å². The zero-order chi connectivity index (χ0) is 17.6. The Kier molecular flexibility index (Phi) is 4.45. The molecule has 2 aromatic rings. The highest BCUT2D eigenvalue weighted by molar-refractivity contribution is 7.12. The van der Waals surface area contributed by atoms with Crippen molar-refractivity contribution in [2.45, 2.75) is 43.2 Å². The molecule has 0 bridgehead atoms. The second kappa shape index (κ2) is 6.48. The molecule has 2 saturated heterocycles. The maximum atomic E-state index is 12.9. The summed E-state index contributed by atoms with van der Waals surface area (Å²) in [6, 6.07) is 7.61. The number of ether oxygens (including phenoxy) is 2. The fourth-order valence-electron chi connectivity index (χ4n) is 3.75. The SMILES string of the molecule is CCC1C2OC2C(COC(=O)C(O)(c2cccs2)c2cccs2)N1C. The van der Waals surface area contributed by atoms with Crippen LogP contribution in [0.3, 0.4) is 0 Å². The van der Waals surface area contributed by atoms with Crippen molar-refractivity contribution in [2.75, 3.05) is 13.7 Å². The third-order valence-electron chi connectivity index (χ3n) is 5.22. The molecule has 0 spiro atoms. The lowest BCUT2D eigenvalue weighted by Crippen LogP contribution is -2.43. The van der Waals surface area contributed by atoms with Crippen LogP contribution in [0.5, 0.6) is 0 Å². The predicted octanol–water partition coefficient (Wildman–Crippen LogP) is 2.45. The van der Waals surface area contributed by atoms with Crippen LogP contribution in [0.25, 0.3) is 0 Å². The number of epoxide rings is 1. The number of hydrogen-bond donors (Lipinski definition) is 1. The number of likely N-dealkylation sites (tertiary alicyclic amines) is 1. The molecule has 4 atom stereocenters. The lowest BCUT2D eigenvalue weighted by molar-refractivity contribution is -0.163. The zero-order valence-corrected chi connectivity index (χ0v) is 15.8. The molecule has 5 nitrogen and oxygen atoms in total. The summed E-state index contributed by atoms with van der Waals surface area (Å²) in [6.45, 7) is 2.37. The summed E-state index contributed by atoms with van der Waals surface area (Å²) in [7, 11) is 2.05. The molecule has 1 N–H and O–H groups in total. The van der Waals surface area contributed by atoms with Gasteiger partial charge in [0.05, 0.1) is 15.8 Å². The van der Waals surface area contributed by atoms with Crippen molar-refractivity contribution in [1.29, 1.82) is 0 Å². The minimum atomic E-state index is -1.74. The average molecular weight is 380 g/mol. The molecular weight excluding hydrogens is 358 g/mol. The fraction of sp³-hybridized carbons (Fsp3) is 0.500. The number of carbonyl (C=O) groups excluding carboxylic acids is 1. The van der Waals surface area contributed by atoms with E-state index in [0.29, 0.717) is 15.8 Å². The first kappa shape index (κ1) is 17.2. The standard InChI is InChI=1S/C18H21NO4S2/c1-3-11-15-16(23-15)12(19(11)2)10-22-17(20)18(21,13-6-4-8-24-13)14-7-5-9-25-14/h4-9,11-12,15-16,21H,3,10H2,1-2H3. The number of aliphatic hydroxyl groups is 1. The van der Waals surface area contributed by atoms with E-state index in [1.807, 2.05) is 29.9 Å². The molecule has 0 amide bonds. The Labute approximate surface area is 154 Å². The molecule has 4 unspecified atom stereocenters. The molecule has 7 heteroatoms. The van der Waals surface area contributed by atoms with E-state index in [2.05, 4.69) is 11.8 Å². The molecule has 134 valence electrons. The Balaban J connectivity index is 1.51. The first-order valence-electron chi connectivity index (χ1n) is 8.42. The number of likely N-dealkylation sites (N-methyl/N-ethyl adjacent to an activating group) is 1. The molecule has 0 saturated carbocycles. The Morgan fingerprint density at radius 1 is 1.24 bits per heavy atom. The summed E-state index contributed by atoms with van der Waals surface area (Å²) in [5.74, 6) is -0.622. The number of morpholine rings is 1. The number of nitrogens with zero attached hydrogens (tertiary/aromatic N) is 1. The van der Waals surface area contributed by atoms with Gasteiger partial charge < -0.3 is 14.6 Å².